The van der Waals surface area contributed by atoms with Crippen molar-refractivity contribution in [1.82, 2.24) is 15.2 Å². The Hall–Kier alpha value is -1.33. The van der Waals surface area contributed by atoms with Gasteiger partial charge < -0.3 is 20.9 Å². The number of carbonyl (C=O) groups is 1. The van der Waals surface area contributed by atoms with Crippen LogP contribution in [0.5, 0.6) is 0 Å². The number of nitrogens with two attached hydrogens (primary N) is 1. The molecule has 0 bridgehead atoms. The zero-order chi connectivity index (χ0) is 13.5. The van der Waals surface area contributed by atoms with Crippen LogP contribution >= 0.6 is 0 Å². The average Bonchev–Trinajstić information content (AvgIpc) is 2.93. The molecule has 0 aliphatic carbocycles. The molecule has 5 nitrogen and oxygen atoms in total. The van der Waals surface area contributed by atoms with Crippen molar-refractivity contribution in [3.05, 3.63) is 24.0 Å². The first-order valence-corrected chi connectivity index (χ1v) is 7.12. The van der Waals surface area contributed by atoms with Crippen molar-refractivity contribution in [2.24, 2.45) is 11.7 Å². The summed E-state index contributed by atoms with van der Waals surface area (Å²) in [4.78, 5) is 17.5. The zero-order valence-corrected chi connectivity index (χ0v) is 11.4. The Bertz CT molecular complexity index is 369. The predicted octanol–water partition coefficient (Wildman–Crippen LogP) is 0.344. The minimum Gasteiger partial charge on any atom is -0.365 e. The smallest absolute Gasteiger partial charge is 0.223 e. The minimum atomic E-state index is 0.178. The molecule has 1 saturated heterocycles. The lowest BCUT2D eigenvalue weighted by atomic mass is 9.96. The van der Waals surface area contributed by atoms with Crippen LogP contribution in [0.4, 0.5) is 0 Å². The molecule has 0 spiro atoms. The van der Waals surface area contributed by atoms with E-state index < -0.39 is 0 Å². The van der Waals surface area contributed by atoms with E-state index in [0.717, 1.165) is 44.6 Å². The van der Waals surface area contributed by atoms with Crippen LogP contribution < -0.4 is 11.1 Å². The quantitative estimate of drug-likeness (QED) is 0.694. The second-order valence-corrected chi connectivity index (χ2v) is 5.14. The molecule has 0 aromatic carbocycles. The number of aromatic amines is 1. The van der Waals surface area contributed by atoms with Crippen LogP contribution in [0, 0.1) is 5.92 Å². The second-order valence-electron chi connectivity index (χ2n) is 5.14. The normalized spacial score (nSPS) is 17.5. The zero-order valence-electron chi connectivity index (χ0n) is 11.4. The SMILES string of the molecule is NCCN1CCC(C(=O)NCCc2ccc[nH]2)CC1. The van der Waals surface area contributed by atoms with E-state index in [4.69, 9.17) is 5.73 Å². The molecule has 0 unspecified atom stereocenters. The number of carbonyl (C=O) groups excluding carboxylic acids is 1. The fraction of sp³-hybridized carbons (Fsp3) is 0.643. The third kappa shape index (κ3) is 4.36. The summed E-state index contributed by atoms with van der Waals surface area (Å²) in [6.07, 6.45) is 4.68. The highest BCUT2D eigenvalue weighted by atomic mass is 16.1. The van der Waals surface area contributed by atoms with Gasteiger partial charge in [-0.3, -0.25) is 4.79 Å². The van der Waals surface area contributed by atoms with Crippen molar-refractivity contribution < 1.29 is 4.79 Å². The van der Waals surface area contributed by atoms with E-state index in [1.807, 2.05) is 18.3 Å². The molecule has 1 aliphatic heterocycles. The largest absolute Gasteiger partial charge is 0.365 e. The molecule has 106 valence electrons. The number of aromatic nitrogens is 1. The first-order valence-electron chi connectivity index (χ1n) is 7.12. The number of piperidine rings is 1. The van der Waals surface area contributed by atoms with E-state index in [1.165, 1.54) is 0 Å². The van der Waals surface area contributed by atoms with Crippen molar-refractivity contribution >= 4 is 5.91 Å². The topological polar surface area (TPSA) is 74.2 Å². The summed E-state index contributed by atoms with van der Waals surface area (Å²) in [5.41, 5.74) is 6.71. The van der Waals surface area contributed by atoms with Gasteiger partial charge in [0.05, 0.1) is 0 Å². The summed E-state index contributed by atoms with van der Waals surface area (Å²) in [5, 5.41) is 3.04. The van der Waals surface area contributed by atoms with Gasteiger partial charge >= 0.3 is 0 Å². The molecule has 5 heteroatoms. The first-order chi connectivity index (χ1) is 9.29. The van der Waals surface area contributed by atoms with Gasteiger partial charge in [-0.25, -0.2) is 0 Å². The van der Waals surface area contributed by atoms with Crippen LogP contribution in [0.1, 0.15) is 18.5 Å². The number of nitrogens with one attached hydrogen (secondary N) is 2. The molecule has 19 heavy (non-hydrogen) atoms. The fourth-order valence-electron chi connectivity index (χ4n) is 2.59. The van der Waals surface area contributed by atoms with Gasteiger partial charge in [-0.15, -0.1) is 0 Å². The Morgan fingerprint density at radius 3 is 2.89 bits per heavy atom. The molecule has 2 heterocycles. The maximum Gasteiger partial charge on any atom is 0.223 e. The Labute approximate surface area is 114 Å². The summed E-state index contributed by atoms with van der Waals surface area (Å²) < 4.78 is 0. The van der Waals surface area contributed by atoms with E-state index in [9.17, 15) is 4.79 Å². The molecular weight excluding hydrogens is 240 g/mol. The summed E-state index contributed by atoms with van der Waals surface area (Å²) >= 11 is 0. The highest BCUT2D eigenvalue weighted by Crippen LogP contribution is 2.16. The molecule has 4 N–H and O–H groups in total. The number of nitrogens with zero attached hydrogens (tertiary/aromatic N) is 1. The molecule has 1 aromatic rings. The molecule has 1 fully saturated rings. The number of likely N-dealkylation sites (tertiary alicyclic amines) is 1. The van der Waals surface area contributed by atoms with E-state index in [0.29, 0.717) is 13.1 Å². The van der Waals surface area contributed by atoms with Crippen LogP contribution in [0.15, 0.2) is 18.3 Å². The number of hydrogen-bond acceptors (Lipinski definition) is 3. The van der Waals surface area contributed by atoms with Crippen LogP contribution in [0.25, 0.3) is 0 Å². The van der Waals surface area contributed by atoms with Crippen LogP contribution in [-0.4, -0.2) is 48.5 Å². The van der Waals surface area contributed by atoms with E-state index >= 15 is 0 Å². The Kier molecular flexibility index (Phi) is 5.42. The van der Waals surface area contributed by atoms with Gasteiger partial charge in [0.1, 0.15) is 0 Å². The molecule has 1 aliphatic rings. The highest BCUT2D eigenvalue weighted by Gasteiger charge is 2.24. The lowest BCUT2D eigenvalue weighted by Gasteiger charge is -2.30. The van der Waals surface area contributed by atoms with Crippen LogP contribution in [0.2, 0.25) is 0 Å². The van der Waals surface area contributed by atoms with E-state index in [2.05, 4.69) is 15.2 Å². The molecule has 0 atom stereocenters. The van der Waals surface area contributed by atoms with Gasteiger partial charge in [0, 0.05) is 43.9 Å². The second kappa shape index (κ2) is 7.31. The molecule has 2 rings (SSSR count). The lowest BCUT2D eigenvalue weighted by molar-refractivity contribution is -0.126. The number of rotatable bonds is 6. The fourth-order valence-corrected chi connectivity index (χ4v) is 2.59. The highest BCUT2D eigenvalue weighted by molar-refractivity contribution is 5.78. The van der Waals surface area contributed by atoms with Crippen LogP contribution in [0.3, 0.4) is 0 Å². The van der Waals surface area contributed by atoms with Gasteiger partial charge in [0.15, 0.2) is 0 Å². The van der Waals surface area contributed by atoms with Gasteiger partial charge in [-0.1, -0.05) is 0 Å². The molecular formula is C14H24N4O. The standard InChI is InChI=1S/C14H24N4O/c15-6-11-18-9-4-12(5-10-18)14(19)17-8-3-13-2-1-7-16-13/h1-2,7,12,16H,3-6,8-11,15H2,(H,17,19). The van der Waals surface area contributed by atoms with E-state index in [1.54, 1.807) is 0 Å². The average molecular weight is 264 g/mol. The monoisotopic (exact) mass is 264 g/mol. The summed E-state index contributed by atoms with van der Waals surface area (Å²) in [7, 11) is 0. The van der Waals surface area contributed by atoms with Crippen molar-refractivity contribution in [2.75, 3.05) is 32.7 Å². The van der Waals surface area contributed by atoms with Gasteiger partial charge in [0.2, 0.25) is 5.91 Å². The number of H-pyrrole nitrogens is 1. The number of hydrogen-bond donors (Lipinski definition) is 3. The molecule has 0 radical (unpaired) electrons. The molecule has 1 amide bonds. The Balaban J connectivity index is 1.64. The molecule has 1 aromatic heterocycles. The summed E-state index contributed by atoms with van der Waals surface area (Å²) in [6, 6.07) is 4.02. The van der Waals surface area contributed by atoms with Crippen molar-refractivity contribution in [3.8, 4) is 0 Å². The molecule has 0 saturated carbocycles. The van der Waals surface area contributed by atoms with Gasteiger partial charge in [-0.05, 0) is 38.1 Å². The minimum absolute atomic E-state index is 0.178. The lowest BCUT2D eigenvalue weighted by Crippen LogP contribution is -2.42. The third-order valence-electron chi connectivity index (χ3n) is 3.76. The van der Waals surface area contributed by atoms with Gasteiger partial charge in [-0.2, -0.15) is 0 Å². The Morgan fingerprint density at radius 1 is 1.47 bits per heavy atom. The van der Waals surface area contributed by atoms with Crippen molar-refractivity contribution in [1.29, 1.82) is 0 Å². The van der Waals surface area contributed by atoms with Crippen LogP contribution in [-0.2, 0) is 11.2 Å². The maximum absolute atomic E-state index is 12.0. The maximum atomic E-state index is 12.0. The predicted molar refractivity (Wildman–Crippen MR) is 75.7 cm³/mol. The third-order valence-corrected chi connectivity index (χ3v) is 3.76. The summed E-state index contributed by atoms with van der Waals surface area (Å²) in [6.45, 7) is 4.34. The Morgan fingerprint density at radius 2 is 2.26 bits per heavy atom. The first kappa shape index (κ1) is 14.1. The number of amides is 1. The van der Waals surface area contributed by atoms with E-state index in [-0.39, 0.29) is 11.8 Å². The van der Waals surface area contributed by atoms with Crippen molar-refractivity contribution in [3.63, 3.8) is 0 Å². The van der Waals surface area contributed by atoms with Gasteiger partial charge in [0.25, 0.3) is 0 Å². The van der Waals surface area contributed by atoms with Crippen molar-refractivity contribution in [2.45, 2.75) is 19.3 Å². The summed E-state index contributed by atoms with van der Waals surface area (Å²) in [5.74, 6) is 0.386.